The first-order valence-electron chi connectivity index (χ1n) is 6.33. The highest BCUT2D eigenvalue weighted by molar-refractivity contribution is 5.94. The zero-order valence-electron chi connectivity index (χ0n) is 10.6. The summed E-state index contributed by atoms with van der Waals surface area (Å²) in [6.07, 6.45) is 1.01. The molecule has 1 aliphatic rings. The van der Waals surface area contributed by atoms with Crippen LogP contribution in [0.4, 0.5) is 0 Å². The van der Waals surface area contributed by atoms with Gasteiger partial charge in [0, 0.05) is 31.2 Å². The number of carbonyl (C=O) groups excluding carboxylic acids is 1. The largest absolute Gasteiger partial charge is 0.333 e. The highest BCUT2D eigenvalue weighted by atomic mass is 16.2. The van der Waals surface area contributed by atoms with Gasteiger partial charge in [-0.2, -0.15) is 0 Å². The van der Waals surface area contributed by atoms with E-state index in [2.05, 4.69) is 19.2 Å². The van der Waals surface area contributed by atoms with Crippen molar-refractivity contribution in [1.82, 2.24) is 10.2 Å². The maximum atomic E-state index is 12.3. The van der Waals surface area contributed by atoms with Gasteiger partial charge in [-0.05, 0) is 31.0 Å². The van der Waals surface area contributed by atoms with E-state index in [9.17, 15) is 4.79 Å². The summed E-state index contributed by atoms with van der Waals surface area (Å²) in [4.78, 5) is 14.3. The molecule has 0 radical (unpaired) electrons. The minimum atomic E-state index is 0.154. The van der Waals surface area contributed by atoms with Crippen molar-refractivity contribution in [1.29, 1.82) is 0 Å². The average Bonchev–Trinajstić information content (AvgIpc) is 2.39. The highest BCUT2D eigenvalue weighted by Crippen LogP contribution is 2.11. The second kappa shape index (κ2) is 5.32. The maximum Gasteiger partial charge on any atom is 0.254 e. The van der Waals surface area contributed by atoms with Crippen LogP contribution in [-0.2, 0) is 6.42 Å². The Hall–Kier alpha value is -1.35. The molecule has 0 aliphatic carbocycles. The van der Waals surface area contributed by atoms with E-state index in [1.54, 1.807) is 0 Å². The summed E-state index contributed by atoms with van der Waals surface area (Å²) >= 11 is 0. The van der Waals surface area contributed by atoms with Crippen molar-refractivity contribution in [3.05, 3.63) is 35.4 Å². The third kappa shape index (κ3) is 2.67. The summed E-state index contributed by atoms with van der Waals surface area (Å²) < 4.78 is 0. The molecule has 0 aromatic heterocycles. The Morgan fingerprint density at radius 3 is 2.71 bits per heavy atom. The van der Waals surface area contributed by atoms with Crippen molar-refractivity contribution < 1.29 is 4.79 Å². The molecule has 3 heteroatoms. The van der Waals surface area contributed by atoms with Crippen molar-refractivity contribution in [3.8, 4) is 0 Å². The molecule has 0 bridgehead atoms. The van der Waals surface area contributed by atoms with Crippen molar-refractivity contribution in [2.45, 2.75) is 26.3 Å². The summed E-state index contributed by atoms with van der Waals surface area (Å²) in [5.41, 5.74) is 2.07. The molecule has 2 rings (SSSR count). The Labute approximate surface area is 103 Å². The maximum absolute atomic E-state index is 12.3. The molecule has 1 amide bonds. The minimum absolute atomic E-state index is 0.154. The monoisotopic (exact) mass is 232 g/mol. The number of nitrogens with one attached hydrogen (secondary N) is 1. The molecule has 1 aromatic carbocycles. The number of rotatable bonds is 2. The van der Waals surface area contributed by atoms with Crippen LogP contribution in [0.25, 0.3) is 0 Å². The molecule has 17 heavy (non-hydrogen) atoms. The summed E-state index contributed by atoms with van der Waals surface area (Å²) in [5, 5.41) is 3.30. The third-order valence-corrected chi connectivity index (χ3v) is 3.37. The van der Waals surface area contributed by atoms with E-state index in [0.29, 0.717) is 0 Å². The summed E-state index contributed by atoms with van der Waals surface area (Å²) in [5.74, 6) is 0.154. The summed E-state index contributed by atoms with van der Waals surface area (Å²) in [7, 11) is 0. The molecule has 1 saturated heterocycles. The zero-order valence-corrected chi connectivity index (χ0v) is 10.6. The van der Waals surface area contributed by atoms with Gasteiger partial charge in [-0.25, -0.2) is 0 Å². The van der Waals surface area contributed by atoms with E-state index < -0.39 is 0 Å². The van der Waals surface area contributed by atoms with Crippen molar-refractivity contribution in [2.75, 3.05) is 19.6 Å². The molecule has 3 nitrogen and oxygen atoms in total. The number of nitrogens with zero attached hydrogens (tertiary/aromatic N) is 1. The minimum Gasteiger partial charge on any atom is -0.333 e. The molecule has 1 N–H and O–H groups in total. The Morgan fingerprint density at radius 1 is 1.41 bits per heavy atom. The van der Waals surface area contributed by atoms with Crippen LogP contribution in [-0.4, -0.2) is 36.5 Å². The molecule has 1 fully saturated rings. The van der Waals surface area contributed by atoms with E-state index in [1.807, 2.05) is 29.2 Å². The van der Waals surface area contributed by atoms with Crippen LogP contribution < -0.4 is 5.32 Å². The van der Waals surface area contributed by atoms with Crippen molar-refractivity contribution >= 4 is 5.91 Å². The fraction of sp³-hybridized carbons (Fsp3) is 0.500. The first kappa shape index (κ1) is 12.1. The number of aryl methyl sites for hydroxylation is 1. The third-order valence-electron chi connectivity index (χ3n) is 3.37. The summed E-state index contributed by atoms with van der Waals surface area (Å²) in [6, 6.07) is 8.24. The van der Waals surface area contributed by atoms with Crippen LogP contribution in [0.3, 0.4) is 0 Å². The molecular weight excluding hydrogens is 212 g/mol. The molecule has 1 aromatic rings. The molecule has 0 spiro atoms. The molecule has 0 unspecified atom stereocenters. The van der Waals surface area contributed by atoms with Crippen molar-refractivity contribution in [3.63, 3.8) is 0 Å². The predicted octanol–water partition coefficient (Wildman–Crippen LogP) is 1.68. The van der Waals surface area contributed by atoms with Crippen LogP contribution >= 0.6 is 0 Å². The van der Waals surface area contributed by atoms with Crippen LogP contribution in [0.1, 0.15) is 29.8 Å². The average molecular weight is 232 g/mol. The molecule has 92 valence electrons. The SMILES string of the molecule is CCc1ccc(C(=O)N2CCNC[C@@H]2C)cc1. The van der Waals surface area contributed by atoms with Crippen LogP contribution in [0, 0.1) is 0 Å². The Bertz CT molecular complexity index is 386. The topological polar surface area (TPSA) is 32.3 Å². The Morgan fingerprint density at radius 2 is 2.12 bits per heavy atom. The van der Waals surface area contributed by atoms with E-state index in [0.717, 1.165) is 31.6 Å². The lowest BCUT2D eigenvalue weighted by Gasteiger charge is -2.34. The van der Waals surface area contributed by atoms with Gasteiger partial charge in [0.25, 0.3) is 5.91 Å². The van der Waals surface area contributed by atoms with Gasteiger partial charge in [-0.3, -0.25) is 4.79 Å². The van der Waals surface area contributed by atoms with Gasteiger partial charge in [-0.15, -0.1) is 0 Å². The highest BCUT2D eigenvalue weighted by Gasteiger charge is 2.23. The fourth-order valence-corrected chi connectivity index (χ4v) is 2.19. The van der Waals surface area contributed by atoms with Crippen molar-refractivity contribution in [2.24, 2.45) is 0 Å². The molecular formula is C14H20N2O. The Kier molecular flexibility index (Phi) is 3.79. The normalized spacial score (nSPS) is 20.4. The van der Waals surface area contributed by atoms with Gasteiger partial charge >= 0.3 is 0 Å². The van der Waals surface area contributed by atoms with Gasteiger partial charge < -0.3 is 10.2 Å². The zero-order chi connectivity index (χ0) is 12.3. The predicted molar refractivity (Wildman–Crippen MR) is 69.2 cm³/mol. The van der Waals surface area contributed by atoms with E-state index in [4.69, 9.17) is 0 Å². The van der Waals surface area contributed by atoms with Gasteiger partial charge in [-0.1, -0.05) is 19.1 Å². The first-order valence-corrected chi connectivity index (χ1v) is 6.33. The van der Waals surface area contributed by atoms with Crippen LogP contribution in [0.15, 0.2) is 24.3 Å². The van der Waals surface area contributed by atoms with Gasteiger partial charge in [0.1, 0.15) is 0 Å². The first-order chi connectivity index (χ1) is 8.22. The molecule has 1 heterocycles. The van der Waals surface area contributed by atoms with Gasteiger partial charge in [0.2, 0.25) is 0 Å². The van der Waals surface area contributed by atoms with Crippen LogP contribution in [0.5, 0.6) is 0 Å². The molecule has 0 saturated carbocycles. The number of benzene rings is 1. The second-order valence-corrected chi connectivity index (χ2v) is 4.60. The van der Waals surface area contributed by atoms with Gasteiger partial charge in [0.15, 0.2) is 0 Å². The van der Waals surface area contributed by atoms with E-state index >= 15 is 0 Å². The number of amides is 1. The van der Waals surface area contributed by atoms with E-state index in [1.165, 1.54) is 5.56 Å². The second-order valence-electron chi connectivity index (χ2n) is 4.60. The fourth-order valence-electron chi connectivity index (χ4n) is 2.19. The lowest BCUT2D eigenvalue weighted by Crippen LogP contribution is -2.52. The number of carbonyl (C=O) groups is 1. The summed E-state index contributed by atoms with van der Waals surface area (Å²) in [6.45, 7) is 6.79. The molecule has 1 aliphatic heterocycles. The number of hydrogen-bond acceptors (Lipinski definition) is 2. The molecule has 1 atom stereocenters. The Balaban J connectivity index is 2.12. The quantitative estimate of drug-likeness (QED) is 0.841. The lowest BCUT2D eigenvalue weighted by atomic mass is 10.1. The lowest BCUT2D eigenvalue weighted by molar-refractivity contribution is 0.0656. The number of piperazine rings is 1. The van der Waals surface area contributed by atoms with Crippen LogP contribution in [0.2, 0.25) is 0 Å². The number of hydrogen-bond donors (Lipinski definition) is 1. The standard InChI is InChI=1S/C14H20N2O/c1-3-12-4-6-13(7-5-12)14(17)16-9-8-15-10-11(16)2/h4-7,11,15H,3,8-10H2,1-2H3/t11-/m0/s1. The van der Waals surface area contributed by atoms with E-state index in [-0.39, 0.29) is 11.9 Å². The van der Waals surface area contributed by atoms with Gasteiger partial charge in [0.05, 0.1) is 0 Å². The smallest absolute Gasteiger partial charge is 0.254 e.